The topological polar surface area (TPSA) is 33.5 Å². The lowest BCUT2D eigenvalue weighted by Crippen LogP contribution is -3.08. The predicted octanol–water partition coefficient (Wildman–Crippen LogP) is 2.72. The number of aryl methyl sites for hydroxylation is 2. The van der Waals surface area contributed by atoms with Crippen molar-refractivity contribution in [3.63, 3.8) is 0 Å². The highest BCUT2D eigenvalue weighted by Crippen LogP contribution is 2.23. The summed E-state index contributed by atoms with van der Waals surface area (Å²) in [6.07, 6.45) is 0. The van der Waals surface area contributed by atoms with Crippen LogP contribution in [-0.2, 0) is 11.3 Å². The van der Waals surface area contributed by atoms with Gasteiger partial charge < -0.3 is 10.2 Å². The predicted molar refractivity (Wildman–Crippen MR) is 94.1 cm³/mol. The van der Waals surface area contributed by atoms with Crippen molar-refractivity contribution in [1.82, 2.24) is 0 Å². The Morgan fingerprint density at radius 3 is 2.59 bits per heavy atom. The van der Waals surface area contributed by atoms with Gasteiger partial charge in [0.2, 0.25) is 0 Å². The highest BCUT2D eigenvalue weighted by Gasteiger charge is 2.13. The fourth-order valence-corrected chi connectivity index (χ4v) is 2.98. The number of quaternary nitrogens is 1. The Hall–Kier alpha value is -1.65. The van der Waals surface area contributed by atoms with Gasteiger partial charge in [0.15, 0.2) is 6.54 Å². The summed E-state index contributed by atoms with van der Waals surface area (Å²) in [5.41, 5.74) is 4.53. The number of carbonyl (C=O) groups excluding carboxylic acids is 1. The molecule has 2 aromatic rings. The van der Waals surface area contributed by atoms with E-state index in [2.05, 4.69) is 40.3 Å². The van der Waals surface area contributed by atoms with Crippen molar-refractivity contribution in [2.45, 2.75) is 20.4 Å². The van der Waals surface area contributed by atoms with Crippen molar-refractivity contribution in [3.05, 3.63) is 63.6 Å². The number of halogens is 1. The first-order valence-electron chi connectivity index (χ1n) is 7.37. The first-order chi connectivity index (χ1) is 10.5. The van der Waals surface area contributed by atoms with Crippen molar-refractivity contribution in [1.29, 1.82) is 0 Å². The Balaban J connectivity index is 1.93. The van der Waals surface area contributed by atoms with Gasteiger partial charge in [-0.2, -0.15) is 0 Å². The summed E-state index contributed by atoms with van der Waals surface area (Å²) in [7, 11) is 2.04. The van der Waals surface area contributed by atoms with Crippen molar-refractivity contribution >= 4 is 27.5 Å². The zero-order chi connectivity index (χ0) is 16.1. The third-order valence-electron chi connectivity index (χ3n) is 3.61. The van der Waals surface area contributed by atoms with Gasteiger partial charge in [-0.15, -0.1) is 0 Å². The maximum Gasteiger partial charge on any atom is 0.279 e. The molecule has 3 nitrogen and oxygen atoms in total. The van der Waals surface area contributed by atoms with Gasteiger partial charge in [0, 0.05) is 10.0 Å². The summed E-state index contributed by atoms with van der Waals surface area (Å²) in [6, 6.07) is 14.2. The van der Waals surface area contributed by atoms with Crippen LogP contribution in [0.4, 0.5) is 5.69 Å². The second kappa shape index (κ2) is 7.56. The van der Waals surface area contributed by atoms with E-state index in [4.69, 9.17) is 0 Å². The molecule has 0 spiro atoms. The highest BCUT2D eigenvalue weighted by molar-refractivity contribution is 9.10. The molecule has 22 heavy (non-hydrogen) atoms. The zero-order valence-electron chi connectivity index (χ0n) is 13.2. The molecule has 0 saturated carbocycles. The summed E-state index contributed by atoms with van der Waals surface area (Å²) in [6.45, 7) is 5.41. The molecule has 4 heteroatoms. The van der Waals surface area contributed by atoms with Crippen molar-refractivity contribution in [2.75, 3.05) is 18.9 Å². The van der Waals surface area contributed by atoms with Gasteiger partial charge in [-0.1, -0.05) is 30.3 Å². The second-order valence-corrected chi connectivity index (χ2v) is 6.62. The maximum absolute atomic E-state index is 12.2. The Labute approximate surface area is 140 Å². The van der Waals surface area contributed by atoms with Crippen molar-refractivity contribution in [2.24, 2.45) is 0 Å². The standard InChI is InChI=1S/C18H21BrN2O/c1-13-8-9-17(16(19)10-13)20-18(22)12-21(3)11-15-7-5-4-6-14(15)2/h4-10H,11-12H2,1-3H3,(H,20,22)/p+1. The summed E-state index contributed by atoms with van der Waals surface area (Å²) in [5.74, 6) is 0.0237. The minimum atomic E-state index is 0.0237. The Bertz CT molecular complexity index is 670. The van der Waals surface area contributed by atoms with Crippen LogP contribution < -0.4 is 10.2 Å². The molecule has 0 aliphatic rings. The van der Waals surface area contributed by atoms with Gasteiger partial charge in [0.1, 0.15) is 6.54 Å². The minimum Gasteiger partial charge on any atom is -0.326 e. The van der Waals surface area contributed by atoms with E-state index in [0.717, 1.165) is 27.2 Å². The summed E-state index contributed by atoms with van der Waals surface area (Å²) >= 11 is 3.48. The molecule has 1 unspecified atom stereocenters. The molecule has 1 atom stereocenters. The van der Waals surface area contributed by atoms with Gasteiger partial charge in [-0.3, -0.25) is 4.79 Å². The van der Waals surface area contributed by atoms with Crippen molar-refractivity contribution in [3.8, 4) is 0 Å². The van der Waals surface area contributed by atoms with Gasteiger partial charge >= 0.3 is 0 Å². The van der Waals surface area contributed by atoms with Gasteiger partial charge in [-0.05, 0) is 53.0 Å². The smallest absolute Gasteiger partial charge is 0.279 e. The Morgan fingerprint density at radius 2 is 1.91 bits per heavy atom. The number of nitrogens with one attached hydrogen (secondary N) is 2. The number of hydrogen-bond donors (Lipinski definition) is 2. The number of likely N-dealkylation sites (N-methyl/N-ethyl adjacent to an activating group) is 1. The van der Waals surface area contributed by atoms with Gasteiger partial charge in [-0.25, -0.2) is 0 Å². The Kier molecular flexibility index (Phi) is 5.75. The first-order valence-corrected chi connectivity index (χ1v) is 8.17. The molecule has 0 saturated heterocycles. The average molecular weight is 362 g/mol. The lowest BCUT2D eigenvalue weighted by atomic mass is 10.1. The number of amides is 1. The van der Waals surface area contributed by atoms with Gasteiger partial charge in [0.25, 0.3) is 5.91 Å². The van der Waals surface area contributed by atoms with Crippen LogP contribution in [0.5, 0.6) is 0 Å². The molecule has 0 fully saturated rings. The minimum absolute atomic E-state index is 0.0237. The van der Waals surface area contributed by atoms with E-state index in [1.54, 1.807) is 0 Å². The molecule has 0 radical (unpaired) electrons. The average Bonchev–Trinajstić information content (AvgIpc) is 2.44. The van der Waals surface area contributed by atoms with Crippen molar-refractivity contribution < 1.29 is 9.69 Å². The number of rotatable bonds is 5. The van der Waals surface area contributed by atoms with Crippen LogP contribution in [0.15, 0.2) is 46.9 Å². The molecule has 2 aromatic carbocycles. The molecule has 0 heterocycles. The molecule has 0 aliphatic heterocycles. The highest BCUT2D eigenvalue weighted by atomic mass is 79.9. The molecule has 116 valence electrons. The number of carbonyl (C=O) groups is 1. The number of benzene rings is 2. The first kappa shape index (κ1) is 16.7. The zero-order valence-corrected chi connectivity index (χ0v) is 14.8. The SMILES string of the molecule is Cc1ccc(NC(=O)C[NH+](C)Cc2ccccc2C)c(Br)c1. The fraction of sp³-hybridized carbons (Fsp3) is 0.278. The molecular weight excluding hydrogens is 340 g/mol. The normalized spacial score (nSPS) is 12.0. The van der Waals surface area contributed by atoms with Crippen LogP contribution in [0.2, 0.25) is 0 Å². The second-order valence-electron chi connectivity index (χ2n) is 5.77. The van der Waals surface area contributed by atoms with Crippen LogP contribution in [0.1, 0.15) is 16.7 Å². The molecule has 0 bridgehead atoms. The van der Waals surface area contributed by atoms with E-state index >= 15 is 0 Å². The molecular formula is C18H22BrN2O+. The van der Waals surface area contributed by atoms with Crippen LogP contribution in [0.25, 0.3) is 0 Å². The monoisotopic (exact) mass is 361 g/mol. The Morgan fingerprint density at radius 1 is 1.18 bits per heavy atom. The van der Waals surface area contributed by atoms with Crippen LogP contribution >= 0.6 is 15.9 Å². The van der Waals surface area contributed by atoms with E-state index in [1.807, 2.05) is 44.3 Å². The number of anilines is 1. The molecule has 2 rings (SSSR count). The summed E-state index contributed by atoms with van der Waals surface area (Å²) < 4.78 is 0.914. The lowest BCUT2D eigenvalue weighted by molar-refractivity contribution is -0.885. The fourth-order valence-electron chi connectivity index (χ4n) is 2.39. The third kappa shape index (κ3) is 4.68. The molecule has 0 aliphatic carbocycles. The van der Waals surface area contributed by atoms with E-state index in [9.17, 15) is 4.79 Å². The number of hydrogen-bond acceptors (Lipinski definition) is 1. The largest absolute Gasteiger partial charge is 0.326 e. The maximum atomic E-state index is 12.2. The van der Waals surface area contributed by atoms with Crippen LogP contribution in [0, 0.1) is 13.8 Å². The van der Waals surface area contributed by atoms with E-state index in [0.29, 0.717) is 6.54 Å². The van der Waals surface area contributed by atoms with E-state index < -0.39 is 0 Å². The molecule has 1 amide bonds. The summed E-state index contributed by atoms with van der Waals surface area (Å²) in [4.78, 5) is 13.3. The van der Waals surface area contributed by atoms with Crippen LogP contribution in [-0.4, -0.2) is 19.5 Å². The van der Waals surface area contributed by atoms with E-state index in [-0.39, 0.29) is 5.91 Å². The quantitative estimate of drug-likeness (QED) is 0.843. The molecule has 0 aromatic heterocycles. The van der Waals surface area contributed by atoms with Gasteiger partial charge in [0.05, 0.1) is 12.7 Å². The summed E-state index contributed by atoms with van der Waals surface area (Å²) in [5, 5.41) is 2.96. The van der Waals surface area contributed by atoms with Crippen LogP contribution in [0.3, 0.4) is 0 Å². The lowest BCUT2D eigenvalue weighted by Gasteiger charge is -2.15. The third-order valence-corrected chi connectivity index (χ3v) is 4.27. The molecule has 2 N–H and O–H groups in total. The van der Waals surface area contributed by atoms with E-state index in [1.165, 1.54) is 11.1 Å².